The molecule has 1 amide bonds. The number of aromatic nitrogens is 2. The van der Waals surface area contributed by atoms with Gasteiger partial charge in [0.25, 0.3) is 5.91 Å². The molecule has 0 spiro atoms. The Hall–Kier alpha value is -3.48. The summed E-state index contributed by atoms with van der Waals surface area (Å²) in [6, 6.07) is 11.6. The van der Waals surface area contributed by atoms with Crippen LogP contribution in [-0.2, 0) is 0 Å². The number of aryl methyl sites for hydroxylation is 1. The third-order valence-electron chi connectivity index (χ3n) is 3.62. The van der Waals surface area contributed by atoms with Gasteiger partial charge in [0, 0.05) is 0 Å². The summed E-state index contributed by atoms with van der Waals surface area (Å²) in [4.78, 5) is 20.4. The number of hydrogen-bond acceptors (Lipinski definition) is 5. The fraction of sp³-hybridized carbons (Fsp3) is 0.105. The van der Waals surface area contributed by atoms with E-state index in [1.54, 1.807) is 19.2 Å². The molecule has 0 unspecified atom stereocenters. The summed E-state index contributed by atoms with van der Waals surface area (Å²) >= 11 is 0. The van der Waals surface area contributed by atoms with Crippen molar-refractivity contribution in [3.63, 3.8) is 0 Å². The maximum absolute atomic E-state index is 13.6. The highest BCUT2D eigenvalue weighted by atomic mass is 19.1. The Morgan fingerprint density at radius 1 is 1.08 bits per heavy atom. The molecule has 2 aromatic carbocycles. The van der Waals surface area contributed by atoms with Gasteiger partial charge in [-0.3, -0.25) is 4.79 Å². The first-order valence-electron chi connectivity index (χ1n) is 7.86. The zero-order chi connectivity index (χ0) is 18.5. The van der Waals surface area contributed by atoms with E-state index >= 15 is 0 Å². The van der Waals surface area contributed by atoms with Gasteiger partial charge < -0.3 is 15.4 Å². The summed E-state index contributed by atoms with van der Waals surface area (Å²) in [6.45, 7) is 1.96. The maximum Gasteiger partial charge on any atom is 0.275 e. The number of ether oxygens (including phenoxy) is 1. The summed E-state index contributed by atoms with van der Waals surface area (Å²) < 4.78 is 18.9. The third-order valence-corrected chi connectivity index (χ3v) is 3.62. The van der Waals surface area contributed by atoms with Gasteiger partial charge in [-0.05, 0) is 36.8 Å². The number of rotatable bonds is 5. The number of halogens is 1. The van der Waals surface area contributed by atoms with Crippen molar-refractivity contribution < 1.29 is 13.9 Å². The second-order valence-corrected chi connectivity index (χ2v) is 5.55. The molecule has 1 aromatic heterocycles. The zero-order valence-electron chi connectivity index (χ0n) is 14.3. The van der Waals surface area contributed by atoms with Crippen molar-refractivity contribution in [3.8, 4) is 5.75 Å². The number of carbonyl (C=O) groups is 1. The van der Waals surface area contributed by atoms with Crippen molar-refractivity contribution in [1.29, 1.82) is 0 Å². The lowest BCUT2D eigenvalue weighted by Gasteiger charge is -2.11. The number of para-hydroxylation sites is 1. The molecule has 3 rings (SSSR count). The molecule has 132 valence electrons. The quantitative estimate of drug-likeness (QED) is 0.728. The van der Waals surface area contributed by atoms with Gasteiger partial charge >= 0.3 is 0 Å². The highest BCUT2D eigenvalue weighted by Crippen LogP contribution is 2.27. The topological polar surface area (TPSA) is 76.1 Å². The summed E-state index contributed by atoms with van der Waals surface area (Å²) in [6.07, 6.45) is 2.75. The Morgan fingerprint density at radius 2 is 1.88 bits per heavy atom. The average Bonchev–Trinajstić information content (AvgIpc) is 2.64. The van der Waals surface area contributed by atoms with E-state index < -0.39 is 11.7 Å². The van der Waals surface area contributed by atoms with Gasteiger partial charge in [0.05, 0.1) is 30.9 Å². The van der Waals surface area contributed by atoms with Crippen LogP contribution in [0.25, 0.3) is 0 Å². The van der Waals surface area contributed by atoms with Crippen LogP contribution in [0.4, 0.5) is 21.6 Å². The highest BCUT2D eigenvalue weighted by Gasteiger charge is 2.11. The lowest BCUT2D eigenvalue weighted by molar-refractivity contribution is 0.102. The lowest BCUT2D eigenvalue weighted by Crippen LogP contribution is -2.15. The van der Waals surface area contributed by atoms with Crippen molar-refractivity contribution in [2.45, 2.75) is 6.92 Å². The zero-order valence-corrected chi connectivity index (χ0v) is 14.3. The molecular formula is C19H17FN4O2. The standard InChI is InChI=1S/C19H17FN4O2/c1-12-7-8-17(26-2)15(9-12)23-18-11-21-16(10-22-18)19(25)24-14-6-4-3-5-13(14)20/h3-11H,1-2H3,(H,22,23)(H,24,25). The third kappa shape index (κ3) is 3.94. The highest BCUT2D eigenvalue weighted by molar-refractivity contribution is 6.02. The Kier molecular flexibility index (Phi) is 5.07. The van der Waals surface area contributed by atoms with Crippen molar-refractivity contribution in [3.05, 3.63) is 71.9 Å². The van der Waals surface area contributed by atoms with Gasteiger partial charge in [-0.15, -0.1) is 0 Å². The molecule has 0 aliphatic heterocycles. The van der Waals surface area contributed by atoms with E-state index in [0.717, 1.165) is 11.3 Å². The van der Waals surface area contributed by atoms with Crippen molar-refractivity contribution >= 4 is 23.1 Å². The first-order chi connectivity index (χ1) is 12.6. The number of methoxy groups -OCH3 is 1. The molecule has 0 fully saturated rings. The number of hydrogen-bond donors (Lipinski definition) is 2. The normalized spacial score (nSPS) is 10.3. The van der Waals surface area contributed by atoms with Crippen molar-refractivity contribution in [1.82, 2.24) is 9.97 Å². The molecule has 2 N–H and O–H groups in total. The molecule has 6 nitrogen and oxygen atoms in total. The number of anilines is 3. The van der Waals surface area contributed by atoms with Gasteiger partial charge in [-0.25, -0.2) is 14.4 Å². The predicted molar refractivity (Wildman–Crippen MR) is 97.4 cm³/mol. The summed E-state index contributed by atoms with van der Waals surface area (Å²) in [5, 5.41) is 5.56. The van der Waals surface area contributed by atoms with Crippen LogP contribution in [-0.4, -0.2) is 23.0 Å². The largest absolute Gasteiger partial charge is 0.495 e. The maximum atomic E-state index is 13.6. The first kappa shape index (κ1) is 17.3. The molecule has 0 atom stereocenters. The van der Waals surface area contributed by atoms with Gasteiger partial charge in [-0.1, -0.05) is 18.2 Å². The average molecular weight is 352 g/mol. The smallest absolute Gasteiger partial charge is 0.275 e. The van der Waals surface area contributed by atoms with E-state index in [2.05, 4.69) is 20.6 Å². The van der Waals surface area contributed by atoms with E-state index in [-0.39, 0.29) is 11.4 Å². The van der Waals surface area contributed by atoms with Gasteiger partial charge in [0.15, 0.2) is 0 Å². The first-order valence-corrected chi connectivity index (χ1v) is 7.86. The van der Waals surface area contributed by atoms with E-state index in [4.69, 9.17) is 4.74 Å². The predicted octanol–water partition coefficient (Wildman–Crippen LogP) is 3.93. The van der Waals surface area contributed by atoms with E-state index in [1.807, 2.05) is 25.1 Å². The van der Waals surface area contributed by atoms with Crippen molar-refractivity contribution in [2.24, 2.45) is 0 Å². The molecular weight excluding hydrogens is 335 g/mol. The van der Waals surface area contributed by atoms with Crippen LogP contribution in [0.2, 0.25) is 0 Å². The second kappa shape index (κ2) is 7.60. The molecule has 0 saturated heterocycles. The number of nitrogens with zero attached hydrogens (tertiary/aromatic N) is 2. The fourth-order valence-corrected chi connectivity index (χ4v) is 2.32. The molecule has 7 heteroatoms. The Morgan fingerprint density at radius 3 is 2.58 bits per heavy atom. The minimum absolute atomic E-state index is 0.0787. The summed E-state index contributed by atoms with van der Waals surface area (Å²) in [5.41, 5.74) is 1.97. The fourth-order valence-electron chi connectivity index (χ4n) is 2.32. The van der Waals surface area contributed by atoms with Crippen LogP contribution in [0.1, 0.15) is 16.1 Å². The minimum atomic E-state index is -0.540. The SMILES string of the molecule is COc1ccc(C)cc1Nc1cnc(C(=O)Nc2ccccc2F)cn1. The Bertz CT molecular complexity index is 929. The number of carbonyl (C=O) groups excluding carboxylic acids is 1. The van der Waals surface area contributed by atoms with Gasteiger partial charge in [-0.2, -0.15) is 0 Å². The molecule has 0 bridgehead atoms. The van der Waals surface area contributed by atoms with Crippen LogP contribution >= 0.6 is 0 Å². The second-order valence-electron chi connectivity index (χ2n) is 5.55. The molecule has 1 heterocycles. The molecule has 26 heavy (non-hydrogen) atoms. The summed E-state index contributed by atoms with van der Waals surface area (Å²) in [7, 11) is 1.58. The van der Waals surface area contributed by atoms with E-state index in [1.165, 1.54) is 24.5 Å². The van der Waals surface area contributed by atoms with Crippen LogP contribution < -0.4 is 15.4 Å². The molecule has 3 aromatic rings. The molecule has 0 saturated carbocycles. The molecule has 0 radical (unpaired) electrons. The van der Waals surface area contributed by atoms with Crippen LogP contribution in [0.5, 0.6) is 5.75 Å². The number of nitrogens with one attached hydrogen (secondary N) is 2. The van der Waals surface area contributed by atoms with Gasteiger partial charge in [0.2, 0.25) is 0 Å². The number of amides is 1. The lowest BCUT2D eigenvalue weighted by atomic mass is 10.2. The summed E-state index contributed by atoms with van der Waals surface area (Å²) in [5.74, 6) is 0.0658. The molecule has 0 aliphatic rings. The number of benzene rings is 2. The monoisotopic (exact) mass is 352 g/mol. The minimum Gasteiger partial charge on any atom is -0.495 e. The van der Waals surface area contributed by atoms with Gasteiger partial charge in [0.1, 0.15) is 23.1 Å². The van der Waals surface area contributed by atoms with Crippen LogP contribution in [0.3, 0.4) is 0 Å². The van der Waals surface area contributed by atoms with E-state index in [9.17, 15) is 9.18 Å². The van der Waals surface area contributed by atoms with E-state index in [0.29, 0.717) is 11.6 Å². The molecule has 0 aliphatic carbocycles. The Labute approximate surface area is 150 Å². The van der Waals surface area contributed by atoms with Crippen LogP contribution in [0, 0.1) is 12.7 Å². The Balaban J connectivity index is 1.73. The van der Waals surface area contributed by atoms with Crippen LogP contribution in [0.15, 0.2) is 54.9 Å². The van der Waals surface area contributed by atoms with Crippen molar-refractivity contribution in [2.75, 3.05) is 17.7 Å².